The summed E-state index contributed by atoms with van der Waals surface area (Å²) >= 11 is 0. The van der Waals surface area contributed by atoms with Crippen molar-refractivity contribution in [1.29, 1.82) is 0 Å². The minimum atomic E-state index is -0.982. The quantitative estimate of drug-likeness (QED) is 0.167. The monoisotopic (exact) mass is 532 g/mol. The van der Waals surface area contributed by atoms with E-state index >= 15 is 0 Å². The maximum atomic E-state index is 11.0. The van der Waals surface area contributed by atoms with Gasteiger partial charge in [0.25, 0.3) is 6.47 Å². The van der Waals surface area contributed by atoms with Crippen molar-refractivity contribution < 1.29 is 34.0 Å². The first-order chi connectivity index (χ1) is 18.1. The highest BCUT2D eigenvalue weighted by atomic mass is 16.6. The predicted octanol–water partition coefficient (Wildman–Crippen LogP) is 4.82. The van der Waals surface area contributed by atoms with E-state index in [4.69, 9.17) is 18.9 Å². The fourth-order valence-corrected chi connectivity index (χ4v) is 5.52. The highest BCUT2D eigenvalue weighted by Gasteiger charge is 2.46. The van der Waals surface area contributed by atoms with Gasteiger partial charge in [0.1, 0.15) is 18.3 Å². The van der Waals surface area contributed by atoms with E-state index < -0.39 is 18.3 Å². The molecule has 1 saturated heterocycles. The molecule has 2 N–H and O–H groups in total. The number of epoxide rings is 1. The Bertz CT molecular complexity index is 847. The lowest BCUT2D eigenvalue weighted by molar-refractivity contribution is -0.138. The summed E-state index contributed by atoms with van der Waals surface area (Å²) < 4.78 is 22.8. The summed E-state index contributed by atoms with van der Waals surface area (Å²) in [6.07, 6.45) is 12.5. The lowest BCUT2D eigenvalue weighted by atomic mass is 9.90. The van der Waals surface area contributed by atoms with Gasteiger partial charge in [0.05, 0.1) is 37.1 Å². The predicted molar refractivity (Wildman–Crippen MR) is 148 cm³/mol. The van der Waals surface area contributed by atoms with Crippen molar-refractivity contribution >= 4 is 6.47 Å². The van der Waals surface area contributed by atoms with Crippen LogP contribution < -0.4 is 0 Å². The van der Waals surface area contributed by atoms with Gasteiger partial charge in [0.2, 0.25) is 0 Å². The van der Waals surface area contributed by atoms with Gasteiger partial charge in [-0.1, -0.05) is 68.9 Å². The van der Waals surface area contributed by atoms with Crippen LogP contribution in [0.25, 0.3) is 0 Å². The van der Waals surface area contributed by atoms with Gasteiger partial charge >= 0.3 is 0 Å². The summed E-state index contributed by atoms with van der Waals surface area (Å²) in [5.74, 6) is 1.01. The third kappa shape index (κ3) is 10.4. The molecule has 0 bridgehead atoms. The van der Waals surface area contributed by atoms with E-state index in [0.717, 1.165) is 37.7 Å². The molecule has 1 fully saturated rings. The molecule has 3 rings (SSSR count). The number of aliphatic hydroxyl groups is 2. The summed E-state index contributed by atoms with van der Waals surface area (Å²) in [6.45, 7) is 13.8. The second-order valence-electron chi connectivity index (χ2n) is 11.8. The van der Waals surface area contributed by atoms with Gasteiger partial charge in [-0.3, -0.25) is 4.79 Å². The van der Waals surface area contributed by atoms with E-state index in [0.29, 0.717) is 37.8 Å². The molecule has 3 aliphatic rings. The Morgan fingerprint density at radius 2 is 1.97 bits per heavy atom. The van der Waals surface area contributed by atoms with Crippen LogP contribution in [0.15, 0.2) is 48.1 Å². The number of hydrogen-bond donors (Lipinski definition) is 2. The Hall–Kier alpha value is -1.77. The zero-order valence-electron chi connectivity index (χ0n) is 23.5. The van der Waals surface area contributed by atoms with Crippen molar-refractivity contribution in [1.82, 2.24) is 0 Å². The summed E-state index contributed by atoms with van der Waals surface area (Å²) in [5, 5.41) is 21.3. The number of ether oxygens (including phenoxy) is 4. The van der Waals surface area contributed by atoms with Crippen molar-refractivity contribution in [2.24, 2.45) is 11.8 Å². The molecule has 3 heterocycles. The van der Waals surface area contributed by atoms with Gasteiger partial charge in [-0.05, 0) is 57.3 Å². The Labute approximate surface area is 228 Å². The molecule has 0 aliphatic carbocycles. The summed E-state index contributed by atoms with van der Waals surface area (Å²) in [6, 6.07) is 0. The van der Waals surface area contributed by atoms with Crippen LogP contribution in [-0.2, 0) is 23.7 Å². The highest BCUT2D eigenvalue weighted by molar-refractivity contribution is 5.37. The van der Waals surface area contributed by atoms with Gasteiger partial charge in [-0.25, -0.2) is 0 Å². The standard InChI is InChI=1S/C31H48O7/c1-20(2)13-25-7-6-8-26(37-25)16-22(4)14-23(5)17-28(34)31-30(38-31)18-29(36-19-32)27(33)10-9-24-15-21(3)11-12-35-24/h6-7,9-11,19-20,22,24-31,33-34H,5,8,12-18H2,1-4H3/b10-9+/t22-,24+,25-,26-,27-,28-,29?,30-,31-/m0/s1. The number of rotatable bonds is 16. The van der Waals surface area contributed by atoms with Crippen LogP contribution in [0.3, 0.4) is 0 Å². The molecule has 38 heavy (non-hydrogen) atoms. The van der Waals surface area contributed by atoms with Crippen LogP contribution in [0, 0.1) is 11.8 Å². The van der Waals surface area contributed by atoms with Crippen LogP contribution in [0.2, 0.25) is 0 Å². The maximum Gasteiger partial charge on any atom is 0.293 e. The van der Waals surface area contributed by atoms with Crippen molar-refractivity contribution in [3.05, 3.63) is 48.1 Å². The molecule has 1 unspecified atom stereocenters. The minimum Gasteiger partial charge on any atom is -0.461 e. The van der Waals surface area contributed by atoms with Crippen molar-refractivity contribution in [3.8, 4) is 0 Å². The molecule has 0 radical (unpaired) electrons. The molecule has 3 aliphatic heterocycles. The van der Waals surface area contributed by atoms with E-state index in [9.17, 15) is 15.0 Å². The maximum absolute atomic E-state index is 11.0. The van der Waals surface area contributed by atoms with Crippen LogP contribution in [0.4, 0.5) is 0 Å². The highest BCUT2D eigenvalue weighted by Crippen LogP contribution is 2.34. The smallest absolute Gasteiger partial charge is 0.293 e. The van der Waals surface area contributed by atoms with E-state index in [2.05, 4.69) is 46.4 Å². The fraction of sp³-hybridized carbons (Fsp3) is 0.710. The second kappa shape index (κ2) is 15.1. The average molecular weight is 533 g/mol. The summed E-state index contributed by atoms with van der Waals surface area (Å²) in [4.78, 5) is 11.0. The molecule has 214 valence electrons. The van der Waals surface area contributed by atoms with Gasteiger partial charge in [-0.15, -0.1) is 0 Å². The molecule has 0 spiro atoms. The third-order valence-corrected chi connectivity index (χ3v) is 7.49. The topological polar surface area (TPSA) is 97.8 Å². The van der Waals surface area contributed by atoms with Gasteiger partial charge in [0.15, 0.2) is 0 Å². The van der Waals surface area contributed by atoms with Crippen molar-refractivity contribution in [2.75, 3.05) is 6.61 Å². The van der Waals surface area contributed by atoms with Crippen LogP contribution in [-0.4, -0.2) is 72.1 Å². The van der Waals surface area contributed by atoms with Crippen LogP contribution >= 0.6 is 0 Å². The lowest BCUT2D eigenvalue weighted by Gasteiger charge is -2.29. The fourth-order valence-electron chi connectivity index (χ4n) is 5.52. The molecule has 0 amide bonds. The Kier molecular flexibility index (Phi) is 12.3. The number of carbonyl (C=O) groups excluding carboxylic acids is 1. The first-order valence-electron chi connectivity index (χ1n) is 14.2. The lowest BCUT2D eigenvalue weighted by Crippen LogP contribution is -2.30. The van der Waals surface area contributed by atoms with E-state index in [1.165, 1.54) is 5.57 Å². The summed E-state index contributed by atoms with van der Waals surface area (Å²) in [5.41, 5.74) is 2.24. The van der Waals surface area contributed by atoms with E-state index in [-0.39, 0.29) is 30.5 Å². The molecular formula is C31H48O7. The third-order valence-electron chi connectivity index (χ3n) is 7.49. The molecule has 0 aromatic heterocycles. The van der Waals surface area contributed by atoms with Crippen LogP contribution in [0.5, 0.6) is 0 Å². The molecule has 7 nitrogen and oxygen atoms in total. The van der Waals surface area contributed by atoms with Gasteiger partial charge in [-0.2, -0.15) is 0 Å². The van der Waals surface area contributed by atoms with Gasteiger partial charge in [0, 0.05) is 6.42 Å². The number of hydrogen-bond acceptors (Lipinski definition) is 7. The Morgan fingerprint density at radius 1 is 1.18 bits per heavy atom. The van der Waals surface area contributed by atoms with E-state index in [1.807, 2.05) is 12.2 Å². The molecular weight excluding hydrogens is 484 g/mol. The largest absolute Gasteiger partial charge is 0.461 e. The van der Waals surface area contributed by atoms with Crippen molar-refractivity contribution in [2.45, 2.75) is 121 Å². The minimum absolute atomic E-state index is 0.103. The molecule has 0 aromatic carbocycles. The zero-order chi connectivity index (χ0) is 27.7. The number of aliphatic hydroxyl groups excluding tert-OH is 2. The first kappa shape index (κ1) is 30.8. The normalized spacial score (nSPS) is 30.5. The Morgan fingerprint density at radius 3 is 2.68 bits per heavy atom. The molecule has 0 aromatic rings. The van der Waals surface area contributed by atoms with E-state index in [1.54, 1.807) is 6.08 Å². The van der Waals surface area contributed by atoms with Crippen molar-refractivity contribution in [3.63, 3.8) is 0 Å². The van der Waals surface area contributed by atoms with Gasteiger partial charge < -0.3 is 29.2 Å². The Balaban J connectivity index is 1.38. The number of carbonyl (C=O) groups is 1. The molecule has 7 heteroatoms. The first-order valence-corrected chi connectivity index (χ1v) is 14.2. The van der Waals surface area contributed by atoms with Crippen LogP contribution in [0.1, 0.15) is 72.6 Å². The molecule has 0 saturated carbocycles. The second-order valence-corrected chi connectivity index (χ2v) is 11.8. The SMILES string of the molecule is C=C(C[C@H](C)C[C@@H]1CC=C[C@@H](CC(C)C)O1)C[C@H](O)[C@@H]1O[C@H]1CC(OC=O)[C@@H](O)/C=C/[C@@H]1CC(C)=CCO1. The average Bonchev–Trinajstić information content (AvgIpc) is 3.61. The molecule has 9 atom stereocenters. The summed E-state index contributed by atoms with van der Waals surface area (Å²) in [7, 11) is 0. The zero-order valence-corrected chi connectivity index (χ0v) is 23.5.